The monoisotopic (exact) mass is 315 g/mol. The summed E-state index contributed by atoms with van der Waals surface area (Å²) >= 11 is 3.46. The van der Waals surface area contributed by atoms with Crippen molar-refractivity contribution < 1.29 is 9.84 Å². The third kappa shape index (κ3) is 3.25. The van der Waals surface area contributed by atoms with Crippen LogP contribution >= 0.6 is 15.9 Å². The van der Waals surface area contributed by atoms with Crippen molar-refractivity contribution in [3.05, 3.63) is 28.2 Å². The molecule has 0 fully saturated rings. The van der Waals surface area contributed by atoms with E-state index in [0.29, 0.717) is 18.9 Å². The van der Waals surface area contributed by atoms with Crippen molar-refractivity contribution in [2.24, 2.45) is 17.1 Å². The van der Waals surface area contributed by atoms with Crippen LogP contribution in [0.2, 0.25) is 0 Å². The standard InChI is InChI=1S/C14H22BrNO2/c1-10(2)14(8-16,9-17)7-11-6-12(15)4-5-13(11)18-3/h4-6,10,17H,7-9,16H2,1-3H3. The van der Waals surface area contributed by atoms with Gasteiger partial charge in [0.25, 0.3) is 0 Å². The fourth-order valence-electron chi connectivity index (χ4n) is 2.08. The summed E-state index contributed by atoms with van der Waals surface area (Å²) < 4.78 is 6.38. The van der Waals surface area contributed by atoms with Gasteiger partial charge in [-0.25, -0.2) is 0 Å². The summed E-state index contributed by atoms with van der Waals surface area (Å²) in [4.78, 5) is 0. The van der Waals surface area contributed by atoms with Gasteiger partial charge in [0.1, 0.15) is 5.75 Å². The average Bonchev–Trinajstić information content (AvgIpc) is 2.36. The van der Waals surface area contributed by atoms with Crippen LogP contribution in [0, 0.1) is 11.3 Å². The van der Waals surface area contributed by atoms with Gasteiger partial charge in [0.2, 0.25) is 0 Å². The zero-order chi connectivity index (χ0) is 13.8. The summed E-state index contributed by atoms with van der Waals surface area (Å²) in [6.45, 7) is 4.72. The summed E-state index contributed by atoms with van der Waals surface area (Å²) in [5, 5.41) is 9.71. The van der Waals surface area contributed by atoms with E-state index < -0.39 is 0 Å². The molecule has 0 amide bonds. The molecule has 0 aliphatic carbocycles. The summed E-state index contributed by atoms with van der Waals surface area (Å²) in [7, 11) is 1.66. The molecule has 3 N–H and O–H groups in total. The van der Waals surface area contributed by atoms with Gasteiger partial charge in [-0.1, -0.05) is 29.8 Å². The van der Waals surface area contributed by atoms with E-state index in [1.807, 2.05) is 18.2 Å². The SMILES string of the molecule is COc1ccc(Br)cc1CC(CN)(CO)C(C)C. The summed E-state index contributed by atoms with van der Waals surface area (Å²) in [5.41, 5.74) is 6.66. The maximum atomic E-state index is 9.71. The van der Waals surface area contributed by atoms with E-state index in [9.17, 15) is 5.11 Å². The number of ether oxygens (including phenoxy) is 1. The molecule has 0 saturated heterocycles. The van der Waals surface area contributed by atoms with Crippen molar-refractivity contribution in [2.45, 2.75) is 20.3 Å². The first-order valence-corrected chi connectivity index (χ1v) is 6.91. The van der Waals surface area contributed by atoms with Crippen LogP contribution in [0.25, 0.3) is 0 Å². The Morgan fingerprint density at radius 1 is 1.44 bits per heavy atom. The maximum Gasteiger partial charge on any atom is 0.122 e. The first-order chi connectivity index (χ1) is 8.49. The molecule has 0 spiro atoms. The number of nitrogens with two attached hydrogens (primary N) is 1. The maximum absolute atomic E-state index is 9.71. The molecule has 1 aromatic carbocycles. The molecule has 0 aliphatic rings. The van der Waals surface area contributed by atoms with Crippen molar-refractivity contribution in [3.8, 4) is 5.75 Å². The highest BCUT2D eigenvalue weighted by Gasteiger charge is 2.33. The van der Waals surface area contributed by atoms with E-state index in [4.69, 9.17) is 10.5 Å². The van der Waals surface area contributed by atoms with Gasteiger partial charge in [-0.3, -0.25) is 0 Å². The Bertz CT molecular complexity index is 389. The van der Waals surface area contributed by atoms with Crippen molar-refractivity contribution in [3.63, 3.8) is 0 Å². The molecule has 3 nitrogen and oxygen atoms in total. The molecular weight excluding hydrogens is 294 g/mol. The summed E-state index contributed by atoms with van der Waals surface area (Å²) in [6, 6.07) is 5.90. The topological polar surface area (TPSA) is 55.5 Å². The van der Waals surface area contributed by atoms with E-state index in [0.717, 1.165) is 15.8 Å². The number of aliphatic hydroxyl groups excluding tert-OH is 1. The van der Waals surface area contributed by atoms with Crippen LogP contribution in [0.3, 0.4) is 0 Å². The second kappa shape index (κ2) is 6.55. The van der Waals surface area contributed by atoms with Gasteiger partial charge < -0.3 is 15.6 Å². The summed E-state index contributed by atoms with van der Waals surface area (Å²) in [5.74, 6) is 1.14. The number of halogens is 1. The minimum atomic E-state index is -0.298. The van der Waals surface area contributed by atoms with Gasteiger partial charge in [-0.15, -0.1) is 0 Å². The molecule has 0 radical (unpaired) electrons. The lowest BCUT2D eigenvalue weighted by molar-refractivity contribution is 0.0836. The Morgan fingerprint density at radius 2 is 2.11 bits per heavy atom. The Balaban J connectivity index is 3.10. The highest BCUT2D eigenvalue weighted by molar-refractivity contribution is 9.10. The number of hydrogen-bond acceptors (Lipinski definition) is 3. The molecule has 18 heavy (non-hydrogen) atoms. The number of hydrogen-bond donors (Lipinski definition) is 2. The number of methoxy groups -OCH3 is 1. The summed E-state index contributed by atoms with van der Waals surface area (Å²) in [6.07, 6.45) is 0.709. The van der Waals surface area contributed by atoms with Crippen molar-refractivity contribution in [1.82, 2.24) is 0 Å². The molecule has 0 saturated carbocycles. The number of aliphatic hydroxyl groups is 1. The van der Waals surface area contributed by atoms with Gasteiger partial charge in [-0.2, -0.15) is 0 Å². The number of rotatable bonds is 6. The van der Waals surface area contributed by atoms with Crippen molar-refractivity contribution >= 4 is 15.9 Å². The van der Waals surface area contributed by atoms with Crippen molar-refractivity contribution in [2.75, 3.05) is 20.3 Å². The molecule has 1 aromatic rings. The Hall–Kier alpha value is -0.580. The smallest absolute Gasteiger partial charge is 0.122 e. The van der Waals surface area contributed by atoms with Gasteiger partial charge >= 0.3 is 0 Å². The molecule has 1 atom stereocenters. The van der Waals surface area contributed by atoms with E-state index >= 15 is 0 Å². The third-order valence-corrected chi connectivity index (χ3v) is 4.22. The van der Waals surface area contributed by atoms with Crippen LogP contribution in [0.4, 0.5) is 0 Å². The molecule has 0 aromatic heterocycles. The molecule has 1 unspecified atom stereocenters. The van der Waals surface area contributed by atoms with E-state index in [1.54, 1.807) is 7.11 Å². The zero-order valence-corrected chi connectivity index (χ0v) is 12.8. The van der Waals surface area contributed by atoms with Crippen LogP contribution in [0.15, 0.2) is 22.7 Å². The van der Waals surface area contributed by atoms with Gasteiger partial charge in [0.05, 0.1) is 13.7 Å². The highest BCUT2D eigenvalue weighted by atomic mass is 79.9. The van der Waals surface area contributed by atoms with Crippen molar-refractivity contribution in [1.29, 1.82) is 0 Å². The quantitative estimate of drug-likeness (QED) is 0.848. The average molecular weight is 316 g/mol. The van der Waals surface area contributed by atoms with Gasteiger partial charge in [0, 0.05) is 16.4 Å². The lowest BCUT2D eigenvalue weighted by Crippen LogP contribution is -2.41. The molecule has 1 rings (SSSR count). The lowest BCUT2D eigenvalue weighted by Gasteiger charge is -2.35. The first-order valence-electron chi connectivity index (χ1n) is 6.12. The molecular formula is C14H22BrNO2. The fourth-order valence-corrected chi connectivity index (χ4v) is 2.49. The second-order valence-corrected chi connectivity index (χ2v) is 5.93. The fraction of sp³-hybridized carbons (Fsp3) is 0.571. The minimum absolute atomic E-state index is 0.0802. The molecule has 102 valence electrons. The molecule has 0 heterocycles. The van der Waals surface area contributed by atoms with Crippen LogP contribution in [-0.4, -0.2) is 25.4 Å². The van der Waals surface area contributed by atoms with E-state index in [-0.39, 0.29) is 12.0 Å². The Morgan fingerprint density at radius 3 is 2.56 bits per heavy atom. The molecule has 0 aliphatic heterocycles. The van der Waals surface area contributed by atoms with Gasteiger partial charge in [-0.05, 0) is 36.1 Å². The van der Waals surface area contributed by atoms with E-state index in [1.165, 1.54) is 0 Å². The second-order valence-electron chi connectivity index (χ2n) is 5.01. The largest absolute Gasteiger partial charge is 0.496 e. The van der Waals surface area contributed by atoms with Crippen LogP contribution < -0.4 is 10.5 Å². The minimum Gasteiger partial charge on any atom is -0.496 e. The first kappa shape index (κ1) is 15.5. The zero-order valence-electron chi connectivity index (χ0n) is 11.2. The predicted molar refractivity (Wildman–Crippen MR) is 77.8 cm³/mol. The van der Waals surface area contributed by atoms with Gasteiger partial charge in [0.15, 0.2) is 0 Å². The third-order valence-electron chi connectivity index (χ3n) is 3.73. The Kier molecular flexibility index (Phi) is 5.63. The molecule has 0 bridgehead atoms. The Labute approximate surface area is 117 Å². The predicted octanol–water partition coefficient (Wildman–Crippen LogP) is 2.59. The normalized spacial score (nSPS) is 14.6. The number of benzene rings is 1. The highest BCUT2D eigenvalue weighted by Crippen LogP contribution is 2.34. The van der Waals surface area contributed by atoms with E-state index in [2.05, 4.69) is 29.8 Å². The molecule has 4 heteroatoms. The lowest BCUT2D eigenvalue weighted by atomic mass is 9.73. The van der Waals surface area contributed by atoms with Crippen LogP contribution in [0.1, 0.15) is 19.4 Å². The van der Waals surface area contributed by atoms with Crippen LogP contribution in [0.5, 0.6) is 5.75 Å². The van der Waals surface area contributed by atoms with Crippen LogP contribution in [-0.2, 0) is 6.42 Å².